The number of nitrogens with one attached hydrogen (secondary N) is 1. The molecule has 1 aromatic carbocycles. The van der Waals surface area contributed by atoms with E-state index in [-0.39, 0.29) is 23.8 Å². The average molecular weight is 418 g/mol. The van der Waals surface area contributed by atoms with E-state index >= 15 is 0 Å². The van der Waals surface area contributed by atoms with Crippen LogP contribution in [0.4, 0.5) is 0 Å². The van der Waals surface area contributed by atoms with E-state index in [2.05, 4.69) is 10.4 Å². The number of thioether (sulfide) groups is 1. The molecular weight excluding hydrogens is 400 g/mol. The number of β-lactam (4-membered cyclic amide) rings is 1. The number of hydrazone groups is 1. The molecular formula is C18H18N4O6S. The predicted molar refractivity (Wildman–Crippen MR) is 103 cm³/mol. The zero-order valence-electron chi connectivity index (χ0n) is 15.3. The molecule has 2 atom stereocenters. The molecule has 11 heteroatoms. The van der Waals surface area contributed by atoms with Crippen molar-refractivity contribution >= 4 is 41.2 Å². The quantitative estimate of drug-likeness (QED) is 0.186. The van der Waals surface area contributed by atoms with Crippen LogP contribution in [0.15, 0.2) is 46.7 Å². The Hall–Kier alpha value is -3.34. The summed E-state index contributed by atoms with van der Waals surface area (Å²) in [6, 6.07) is 7.60. The van der Waals surface area contributed by atoms with Crippen LogP contribution >= 0.6 is 11.8 Å². The molecule has 0 spiro atoms. The fraction of sp³-hybridized carbons (Fsp3) is 0.278. The van der Waals surface area contributed by atoms with Crippen LogP contribution in [0.5, 0.6) is 0 Å². The molecule has 2 heterocycles. The number of carbonyl (C=O) groups is 4. The Morgan fingerprint density at radius 2 is 2.03 bits per heavy atom. The van der Waals surface area contributed by atoms with Gasteiger partial charge in [0, 0.05) is 23.8 Å². The van der Waals surface area contributed by atoms with E-state index in [0.717, 1.165) is 4.90 Å². The van der Waals surface area contributed by atoms with E-state index in [9.17, 15) is 24.3 Å². The minimum absolute atomic E-state index is 0.0396. The molecule has 29 heavy (non-hydrogen) atoms. The molecule has 0 radical (unpaired) electrons. The monoisotopic (exact) mass is 418 g/mol. The molecule has 0 aromatic heterocycles. The second-order valence-electron chi connectivity index (χ2n) is 6.24. The summed E-state index contributed by atoms with van der Waals surface area (Å²) in [6.45, 7) is 0.999. The minimum atomic E-state index is -1.30. The third-order valence-electron chi connectivity index (χ3n) is 4.38. The summed E-state index contributed by atoms with van der Waals surface area (Å²) >= 11 is 1.27. The van der Waals surface area contributed by atoms with Crippen LogP contribution in [0.1, 0.15) is 12.5 Å². The Morgan fingerprint density at radius 3 is 2.62 bits per heavy atom. The van der Waals surface area contributed by atoms with Gasteiger partial charge in [-0.1, -0.05) is 30.3 Å². The first kappa shape index (κ1) is 20.4. The fourth-order valence-corrected chi connectivity index (χ4v) is 4.38. The smallest absolute Gasteiger partial charge is 0.352 e. The molecule has 0 aliphatic carbocycles. The molecule has 2 aliphatic rings. The number of nitrogens with two attached hydrogens (primary N) is 1. The van der Waals surface area contributed by atoms with E-state index in [0.29, 0.717) is 11.1 Å². The van der Waals surface area contributed by atoms with Gasteiger partial charge in [0.15, 0.2) is 5.71 Å². The van der Waals surface area contributed by atoms with E-state index in [1.807, 2.05) is 0 Å². The highest BCUT2D eigenvalue weighted by Crippen LogP contribution is 2.40. The zero-order chi connectivity index (χ0) is 21.1. The second kappa shape index (κ2) is 8.35. The van der Waals surface area contributed by atoms with Crippen LogP contribution in [0.3, 0.4) is 0 Å². The van der Waals surface area contributed by atoms with Gasteiger partial charge in [-0.15, -0.1) is 11.8 Å². The molecule has 2 amide bonds. The van der Waals surface area contributed by atoms with Crippen molar-refractivity contribution in [2.75, 3.05) is 12.4 Å². The lowest BCUT2D eigenvalue weighted by Gasteiger charge is -2.49. The van der Waals surface area contributed by atoms with Crippen molar-refractivity contribution in [2.24, 2.45) is 10.9 Å². The molecule has 4 N–H and O–H groups in total. The van der Waals surface area contributed by atoms with E-state index in [1.54, 1.807) is 30.3 Å². The van der Waals surface area contributed by atoms with E-state index < -0.39 is 35.2 Å². The van der Waals surface area contributed by atoms with Gasteiger partial charge in [0.2, 0.25) is 0 Å². The van der Waals surface area contributed by atoms with Crippen molar-refractivity contribution in [3.63, 3.8) is 0 Å². The number of hydrogen-bond donors (Lipinski definition) is 3. The van der Waals surface area contributed by atoms with Crippen LogP contribution in [0.25, 0.3) is 0 Å². The highest BCUT2D eigenvalue weighted by molar-refractivity contribution is 8.00. The predicted octanol–water partition coefficient (Wildman–Crippen LogP) is -0.349. The number of carboxylic acids is 1. The molecule has 10 nitrogen and oxygen atoms in total. The number of rotatable bonds is 6. The molecule has 0 saturated carbocycles. The Balaban J connectivity index is 1.76. The number of nitrogens with zero attached hydrogens (tertiary/aromatic N) is 2. The molecule has 1 saturated heterocycles. The first-order chi connectivity index (χ1) is 13.8. The van der Waals surface area contributed by atoms with Gasteiger partial charge in [-0.05, 0) is 0 Å². The maximum absolute atomic E-state index is 12.6. The van der Waals surface area contributed by atoms with Gasteiger partial charge < -0.3 is 21.0 Å². The molecule has 152 valence electrons. The minimum Gasteiger partial charge on any atom is -0.477 e. The highest BCUT2D eigenvalue weighted by atomic mass is 32.2. The standard InChI is InChI=1S/C18H18N4O6S/c1-9(23)28-7-11-8-29-17-13(16(25)22(17)14(11)18(26)27)20-15(24)12(21-19)10-5-3-2-4-6-10/h2-6,13,17H,7-8,19H2,1H3,(H,20,24)(H,26,27)/b21-12-/t13-,17-/m1/s1. The number of ether oxygens (including phenoxy) is 1. The number of carbonyl (C=O) groups excluding carboxylic acids is 3. The summed E-state index contributed by atoms with van der Waals surface area (Å²) in [4.78, 5) is 49.0. The molecule has 0 unspecified atom stereocenters. The Kier molecular flexibility index (Phi) is 5.87. The van der Waals surface area contributed by atoms with Gasteiger partial charge in [0.1, 0.15) is 23.7 Å². The van der Waals surface area contributed by atoms with Crippen molar-refractivity contribution in [2.45, 2.75) is 18.3 Å². The van der Waals surface area contributed by atoms with Crippen LogP contribution in [0.2, 0.25) is 0 Å². The SMILES string of the molecule is CC(=O)OCC1=C(C(=O)O)N2C(=O)[C@@H](NC(=O)/C(=N\N)c3ccccc3)[C@H]2SC1. The summed E-state index contributed by atoms with van der Waals surface area (Å²) in [6.07, 6.45) is 0. The van der Waals surface area contributed by atoms with Crippen molar-refractivity contribution in [3.8, 4) is 0 Å². The molecule has 2 aliphatic heterocycles. The van der Waals surface area contributed by atoms with Gasteiger partial charge in [0.05, 0.1) is 0 Å². The molecule has 3 rings (SSSR count). The first-order valence-electron chi connectivity index (χ1n) is 8.52. The topological polar surface area (TPSA) is 151 Å². The summed E-state index contributed by atoms with van der Waals surface area (Å²) in [7, 11) is 0. The Bertz CT molecular complexity index is 930. The van der Waals surface area contributed by atoms with E-state index in [4.69, 9.17) is 10.6 Å². The fourth-order valence-electron chi connectivity index (χ4n) is 3.05. The normalized spacial score (nSPS) is 21.2. The Labute approximate surface area is 169 Å². The number of benzene rings is 1. The third-order valence-corrected chi connectivity index (χ3v) is 5.72. The number of amides is 2. The van der Waals surface area contributed by atoms with Crippen molar-refractivity contribution in [1.82, 2.24) is 10.2 Å². The van der Waals surface area contributed by atoms with Crippen molar-refractivity contribution in [3.05, 3.63) is 47.2 Å². The number of carboxylic acid groups (broad SMARTS) is 1. The summed E-state index contributed by atoms with van der Waals surface area (Å²) in [5, 5.41) is 15.0. The summed E-state index contributed by atoms with van der Waals surface area (Å²) < 4.78 is 4.88. The average Bonchev–Trinajstić information content (AvgIpc) is 2.70. The number of fused-ring (bicyclic) bond motifs is 1. The van der Waals surface area contributed by atoms with Gasteiger partial charge >= 0.3 is 11.9 Å². The third kappa shape index (κ3) is 3.94. The maximum Gasteiger partial charge on any atom is 0.352 e. The second-order valence-corrected chi connectivity index (χ2v) is 7.35. The summed E-state index contributed by atoms with van der Waals surface area (Å²) in [5.74, 6) is 2.53. The zero-order valence-corrected chi connectivity index (χ0v) is 16.1. The van der Waals surface area contributed by atoms with Crippen LogP contribution in [-0.2, 0) is 23.9 Å². The van der Waals surface area contributed by atoms with Crippen LogP contribution in [-0.4, -0.2) is 63.2 Å². The van der Waals surface area contributed by atoms with Gasteiger partial charge in [-0.3, -0.25) is 19.3 Å². The van der Waals surface area contributed by atoms with E-state index in [1.165, 1.54) is 18.7 Å². The number of hydrogen-bond acceptors (Lipinski definition) is 8. The lowest BCUT2D eigenvalue weighted by molar-refractivity contribution is -0.150. The number of esters is 1. The largest absolute Gasteiger partial charge is 0.477 e. The lowest BCUT2D eigenvalue weighted by atomic mass is 10.0. The van der Waals surface area contributed by atoms with Crippen LogP contribution < -0.4 is 11.2 Å². The molecule has 1 aromatic rings. The van der Waals surface area contributed by atoms with Gasteiger partial charge in [-0.2, -0.15) is 5.10 Å². The van der Waals surface area contributed by atoms with Gasteiger partial charge in [0.25, 0.3) is 11.8 Å². The lowest BCUT2D eigenvalue weighted by Crippen LogP contribution is -2.71. The van der Waals surface area contributed by atoms with Crippen molar-refractivity contribution < 1.29 is 29.0 Å². The van der Waals surface area contributed by atoms with Crippen LogP contribution in [0, 0.1) is 0 Å². The number of aliphatic carboxylic acids is 1. The Morgan fingerprint density at radius 1 is 1.34 bits per heavy atom. The maximum atomic E-state index is 12.6. The summed E-state index contributed by atoms with van der Waals surface area (Å²) in [5.41, 5.74) is 0.547. The highest BCUT2D eigenvalue weighted by Gasteiger charge is 2.54. The first-order valence-corrected chi connectivity index (χ1v) is 9.57. The van der Waals surface area contributed by atoms with Crippen molar-refractivity contribution in [1.29, 1.82) is 0 Å². The molecule has 0 bridgehead atoms. The molecule has 1 fully saturated rings. The van der Waals surface area contributed by atoms with Gasteiger partial charge in [-0.25, -0.2) is 4.79 Å².